The maximum atomic E-state index is 13.2. The average molecular weight is 355 g/mol. The highest BCUT2D eigenvalue weighted by Crippen LogP contribution is 2.27. The molecule has 0 unspecified atom stereocenters. The molecule has 0 spiro atoms. The third kappa shape index (κ3) is 4.49. The highest BCUT2D eigenvalue weighted by molar-refractivity contribution is 7.89. The molecule has 0 bridgehead atoms. The van der Waals surface area contributed by atoms with Crippen molar-refractivity contribution in [3.8, 4) is 5.75 Å². The van der Waals surface area contributed by atoms with E-state index in [0.29, 0.717) is 11.4 Å². The van der Waals surface area contributed by atoms with Crippen molar-refractivity contribution in [1.29, 1.82) is 0 Å². The summed E-state index contributed by atoms with van der Waals surface area (Å²) in [6, 6.07) is 5.26. The number of aryl methyl sites for hydroxylation is 1. The number of sulfonamides is 1. The Balaban J connectivity index is 2.30. The monoisotopic (exact) mass is 354 g/mol. The van der Waals surface area contributed by atoms with Gasteiger partial charge in [0.2, 0.25) is 10.0 Å². The smallest absolute Gasteiger partial charge is 0.243 e. The van der Waals surface area contributed by atoms with Crippen LogP contribution in [0.3, 0.4) is 0 Å². The third-order valence-corrected chi connectivity index (χ3v) is 6.22. The second-order valence-electron chi connectivity index (χ2n) is 6.69. The summed E-state index contributed by atoms with van der Waals surface area (Å²) in [5.41, 5.74) is 0.853. The van der Waals surface area contributed by atoms with Gasteiger partial charge < -0.3 is 10.1 Å². The molecule has 6 heteroatoms. The van der Waals surface area contributed by atoms with Crippen LogP contribution in [0.15, 0.2) is 23.1 Å². The van der Waals surface area contributed by atoms with Crippen molar-refractivity contribution in [2.45, 2.75) is 64.0 Å². The minimum absolute atomic E-state index is 0.0671. The second-order valence-corrected chi connectivity index (χ2v) is 8.58. The van der Waals surface area contributed by atoms with Crippen LogP contribution in [0.25, 0.3) is 0 Å². The van der Waals surface area contributed by atoms with Crippen molar-refractivity contribution < 1.29 is 13.2 Å². The summed E-state index contributed by atoms with van der Waals surface area (Å²) in [7, 11) is -3.48. The summed E-state index contributed by atoms with van der Waals surface area (Å²) >= 11 is 0. The number of nitrogens with one attached hydrogen (secondary N) is 1. The first-order valence-corrected chi connectivity index (χ1v) is 10.3. The van der Waals surface area contributed by atoms with Crippen LogP contribution in [0.4, 0.5) is 0 Å². The van der Waals surface area contributed by atoms with Crippen LogP contribution in [-0.4, -0.2) is 44.5 Å². The van der Waals surface area contributed by atoms with E-state index in [1.54, 1.807) is 22.5 Å². The highest BCUT2D eigenvalue weighted by Gasteiger charge is 2.31. The lowest BCUT2D eigenvalue weighted by Crippen LogP contribution is -2.46. The highest BCUT2D eigenvalue weighted by atomic mass is 32.2. The third-order valence-electron chi connectivity index (χ3n) is 4.28. The molecule has 0 aromatic heterocycles. The van der Waals surface area contributed by atoms with Crippen LogP contribution in [0.5, 0.6) is 5.75 Å². The summed E-state index contributed by atoms with van der Waals surface area (Å²) in [6.45, 7) is 10.2. The number of rotatable bonds is 7. The molecule has 2 rings (SSSR count). The van der Waals surface area contributed by atoms with Gasteiger partial charge in [-0.1, -0.05) is 6.92 Å². The van der Waals surface area contributed by atoms with Crippen LogP contribution < -0.4 is 10.1 Å². The van der Waals surface area contributed by atoms with E-state index >= 15 is 0 Å². The molecule has 0 radical (unpaired) electrons. The SMILES string of the molecule is CCCN(C1CCNCC1)S(=O)(=O)c1ccc(OC(C)C)c(C)c1. The van der Waals surface area contributed by atoms with Crippen molar-refractivity contribution in [3.63, 3.8) is 0 Å². The molecular weight excluding hydrogens is 324 g/mol. The van der Waals surface area contributed by atoms with Gasteiger partial charge in [0.25, 0.3) is 0 Å². The summed E-state index contributed by atoms with van der Waals surface area (Å²) in [5.74, 6) is 0.743. The van der Waals surface area contributed by atoms with Crippen LogP contribution in [0.1, 0.15) is 45.6 Å². The van der Waals surface area contributed by atoms with Gasteiger partial charge in [0.05, 0.1) is 11.0 Å². The van der Waals surface area contributed by atoms with Gasteiger partial charge in [-0.3, -0.25) is 0 Å². The van der Waals surface area contributed by atoms with E-state index in [0.717, 1.165) is 43.7 Å². The predicted molar refractivity (Wildman–Crippen MR) is 97.0 cm³/mol. The van der Waals surface area contributed by atoms with Crippen molar-refractivity contribution in [2.24, 2.45) is 0 Å². The Morgan fingerprint density at radius 1 is 1.29 bits per heavy atom. The van der Waals surface area contributed by atoms with Gasteiger partial charge in [0, 0.05) is 12.6 Å². The number of ether oxygens (including phenoxy) is 1. The first-order valence-electron chi connectivity index (χ1n) is 8.86. The molecule has 0 saturated carbocycles. The molecule has 1 N–H and O–H groups in total. The topological polar surface area (TPSA) is 58.6 Å². The van der Waals surface area contributed by atoms with Crippen LogP contribution >= 0.6 is 0 Å². The standard InChI is InChI=1S/C18H30N2O3S/c1-5-12-20(16-8-10-19-11-9-16)24(21,22)17-6-7-18(15(4)13-17)23-14(2)3/h6-7,13-14,16,19H,5,8-12H2,1-4H3. The van der Waals surface area contributed by atoms with Crippen molar-refractivity contribution in [1.82, 2.24) is 9.62 Å². The first kappa shape index (κ1) is 19.2. The molecule has 1 heterocycles. The molecule has 1 aromatic rings. The molecule has 1 aliphatic heterocycles. The molecule has 0 amide bonds. The van der Waals surface area contributed by atoms with E-state index in [9.17, 15) is 8.42 Å². The summed E-state index contributed by atoms with van der Waals surface area (Å²) in [6.07, 6.45) is 2.62. The fourth-order valence-electron chi connectivity index (χ4n) is 3.12. The number of nitrogens with zero attached hydrogens (tertiary/aromatic N) is 1. The predicted octanol–water partition coefficient (Wildman–Crippen LogP) is 2.93. The van der Waals surface area contributed by atoms with Gasteiger partial charge in [0.1, 0.15) is 5.75 Å². The largest absolute Gasteiger partial charge is 0.491 e. The van der Waals surface area contributed by atoms with Gasteiger partial charge in [-0.15, -0.1) is 0 Å². The lowest BCUT2D eigenvalue weighted by Gasteiger charge is -2.33. The van der Waals surface area contributed by atoms with Crippen LogP contribution in [-0.2, 0) is 10.0 Å². The number of hydrogen-bond donors (Lipinski definition) is 1. The zero-order valence-electron chi connectivity index (χ0n) is 15.2. The molecule has 1 aromatic carbocycles. The van der Waals surface area contributed by atoms with Gasteiger partial charge in [-0.25, -0.2) is 8.42 Å². The second kappa shape index (κ2) is 8.32. The molecular formula is C18H30N2O3S. The number of piperidine rings is 1. The zero-order chi connectivity index (χ0) is 17.7. The van der Waals surface area contributed by atoms with Gasteiger partial charge in [-0.05, 0) is 76.9 Å². The molecule has 1 saturated heterocycles. The van der Waals surface area contributed by atoms with E-state index in [2.05, 4.69) is 5.32 Å². The van der Waals surface area contributed by atoms with E-state index in [-0.39, 0.29) is 12.1 Å². The Bertz CT molecular complexity index is 638. The van der Waals surface area contributed by atoms with Gasteiger partial charge >= 0.3 is 0 Å². The summed E-state index contributed by atoms with van der Waals surface area (Å²) in [4.78, 5) is 0.364. The first-order chi connectivity index (χ1) is 11.4. The Labute approximate surface area is 146 Å². The lowest BCUT2D eigenvalue weighted by atomic mass is 10.1. The van der Waals surface area contributed by atoms with Crippen molar-refractivity contribution in [3.05, 3.63) is 23.8 Å². The van der Waals surface area contributed by atoms with Gasteiger partial charge in [0.15, 0.2) is 0 Å². The number of benzene rings is 1. The molecule has 136 valence electrons. The fourth-order valence-corrected chi connectivity index (χ4v) is 4.98. The van der Waals surface area contributed by atoms with Crippen molar-refractivity contribution in [2.75, 3.05) is 19.6 Å². The summed E-state index contributed by atoms with van der Waals surface area (Å²) in [5, 5.41) is 3.30. The quantitative estimate of drug-likeness (QED) is 0.818. The maximum absolute atomic E-state index is 13.2. The van der Waals surface area contributed by atoms with Crippen LogP contribution in [0, 0.1) is 6.92 Å². The molecule has 5 nitrogen and oxygen atoms in total. The molecule has 1 aliphatic rings. The van der Waals surface area contributed by atoms with Crippen molar-refractivity contribution >= 4 is 10.0 Å². The van der Waals surface area contributed by atoms with Gasteiger partial charge in [-0.2, -0.15) is 4.31 Å². The van der Waals surface area contributed by atoms with E-state index in [1.165, 1.54) is 0 Å². The Morgan fingerprint density at radius 3 is 2.50 bits per heavy atom. The van der Waals surface area contributed by atoms with Crippen LogP contribution in [0.2, 0.25) is 0 Å². The summed E-state index contributed by atoms with van der Waals surface area (Å²) < 4.78 is 33.8. The zero-order valence-corrected chi connectivity index (χ0v) is 16.0. The fraction of sp³-hybridized carbons (Fsp3) is 0.667. The molecule has 0 aliphatic carbocycles. The van der Waals surface area contributed by atoms with E-state index < -0.39 is 10.0 Å². The average Bonchev–Trinajstić information content (AvgIpc) is 2.54. The molecule has 24 heavy (non-hydrogen) atoms. The molecule has 0 atom stereocenters. The normalized spacial score (nSPS) is 16.8. The maximum Gasteiger partial charge on any atom is 0.243 e. The number of hydrogen-bond acceptors (Lipinski definition) is 4. The Morgan fingerprint density at radius 2 is 1.96 bits per heavy atom. The lowest BCUT2D eigenvalue weighted by molar-refractivity contribution is 0.240. The Kier molecular flexibility index (Phi) is 6.66. The minimum Gasteiger partial charge on any atom is -0.491 e. The Hall–Kier alpha value is -1.11. The minimum atomic E-state index is -3.48. The molecule has 1 fully saturated rings. The van der Waals surface area contributed by atoms with E-state index in [4.69, 9.17) is 4.74 Å². The van der Waals surface area contributed by atoms with E-state index in [1.807, 2.05) is 27.7 Å².